The summed E-state index contributed by atoms with van der Waals surface area (Å²) in [7, 11) is 0. The predicted octanol–water partition coefficient (Wildman–Crippen LogP) is 5.06. The van der Waals surface area contributed by atoms with Crippen LogP contribution in [0.4, 0.5) is 11.5 Å². The van der Waals surface area contributed by atoms with Gasteiger partial charge < -0.3 is 10.2 Å². The maximum absolute atomic E-state index is 4.62. The number of aryl methyl sites for hydroxylation is 1. The van der Waals surface area contributed by atoms with Crippen molar-refractivity contribution in [2.75, 3.05) is 23.3 Å². The molecule has 0 atom stereocenters. The topological polar surface area (TPSA) is 41.0 Å². The number of nitrogens with one attached hydrogen (secondary N) is 1. The molecular weight excluding hydrogens is 344 g/mol. The van der Waals surface area contributed by atoms with Crippen LogP contribution in [0.2, 0.25) is 0 Å². The van der Waals surface area contributed by atoms with Crippen molar-refractivity contribution in [3.63, 3.8) is 0 Å². The van der Waals surface area contributed by atoms with Gasteiger partial charge in [0, 0.05) is 42.6 Å². The smallest absolute Gasteiger partial charge is 0.128 e. The second kappa shape index (κ2) is 8.53. The van der Waals surface area contributed by atoms with Crippen molar-refractivity contribution in [3.05, 3.63) is 96.3 Å². The molecule has 0 unspecified atom stereocenters. The Morgan fingerprint density at radius 3 is 2.50 bits per heavy atom. The van der Waals surface area contributed by atoms with E-state index in [4.69, 9.17) is 0 Å². The molecule has 140 valence electrons. The van der Waals surface area contributed by atoms with Crippen LogP contribution in [0.25, 0.3) is 10.9 Å². The first-order chi connectivity index (χ1) is 13.8. The summed E-state index contributed by atoms with van der Waals surface area (Å²) >= 11 is 0. The number of nitrogens with zero attached hydrogens (tertiary/aromatic N) is 3. The summed E-state index contributed by atoms with van der Waals surface area (Å²) < 4.78 is 0. The van der Waals surface area contributed by atoms with E-state index < -0.39 is 0 Å². The minimum absolute atomic E-state index is 0.816. The second-order valence-corrected chi connectivity index (χ2v) is 6.85. The summed E-state index contributed by atoms with van der Waals surface area (Å²) in [4.78, 5) is 11.5. The maximum atomic E-state index is 4.62. The van der Waals surface area contributed by atoms with Crippen molar-refractivity contribution >= 4 is 22.4 Å². The van der Waals surface area contributed by atoms with Gasteiger partial charge in [-0.15, -0.1) is 0 Å². The molecule has 0 fully saturated rings. The van der Waals surface area contributed by atoms with Gasteiger partial charge >= 0.3 is 0 Å². The third-order valence-corrected chi connectivity index (χ3v) is 4.73. The molecule has 0 saturated carbocycles. The quantitative estimate of drug-likeness (QED) is 0.495. The minimum Gasteiger partial charge on any atom is -0.383 e. The number of hydrogen-bond acceptors (Lipinski definition) is 4. The van der Waals surface area contributed by atoms with Crippen LogP contribution in [-0.2, 0) is 6.54 Å². The van der Waals surface area contributed by atoms with E-state index in [1.807, 2.05) is 37.4 Å². The highest BCUT2D eigenvalue weighted by Gasteiger charge is 2.09. The molecule has 2 aromatic heterocycles. The largest absolute Gasteiger partial charge is 0.383 e. The molecule has 1 N–H and O–H groups in total. The van der Waals surface area contributed by atoms with E-state index in [0.29, 0.717) is 0 Å². The number of fused-ring (bicyclic) bond motifs is 1. The van der Waals surface area contributed by atoms with Crippen molar-refractivity contribution < 1.29 is 0 Å². The average Bonchev–Trinajstić information content (AvgIpc) is 2.74. The van der Waals surface area contributed by atoms with Gasteiger partial charge in [-0.1, -0.05) is 54.6 Å². The fraction of sp³-hybridized carbons (Fsp3) is 0.167. The summed E-state index contributed by atoms with van der Waals surface area (Å²) in [6.07, 6.45) is 1.85. The van der Waals surface area contributed by atoms with Gasteiger partial charge in [0.25, 0.3) is 0 Å². The summed E-state index contributed by atoms with van der Waals surface area (Å²) in [5.74, 6) is 0.990. The Labute approximate surface area is 165 Å². The van der Waals surface area contributed by atoms with Crippen molar-refractivity contribution in [1.82, 2.24) is 9.97 Å². The van der Waals surface area contributed by atoms with Crippen LogP contribution >= 0.6 is 0 Å². The summed E-state index contributed by atoms with van der Waals surface area (Å²) in [5, 5.41) is 4.76. The summed E-state index contributed by atoms with van der Waals surface area (Å²) in [5.41, 5.74) is 4.45. The van der Waals surface area contributed by atoms with Gasteiger partial charge in [-0.05, 0) is 36.8 Å². The molecule has 0 spiro atoms. The van der Waals surface area contributed by atoms with Crippen LogP contribution in [0.5, 0.6) is 0 Å². The first-order valence-electron chi connectivity index (χ1n) is 9.60. The van der Waals surface area contributed by atoms with Gasteiger partial charge in [-0.25, -0.2) is 4.98 Å². The lowest BCUT2D eigenvalue weighted by Gasteiger charge is -2.24. The lowest BCUT2D eigenvalue weighted by molar-refractivity contribution is 0.790. The van der Waals surface area contributed by atoms with Crippen molar-refractivity contribution in [2.24, 2.45) is 0 Å². The van der Waals surface area contributed by atoms with E-state index in [0.717, 1.165) is 47.7 Å². The third kappa shape index (κ3) is 4.29. The van der Waals surface area contributed by atoms with Gasteiger partial charge in [0.05, 0.1) is 5.52 Å². The van der Waals surface area contributed by atoms with Gasteiger partial charge in [-0.2, -0.15) is 0 Å². The molecule has 4 rings (SSSR count). The van der Waals surface area contributed by atoms with E-state index >= 15 is 0 Å². The number of para-hydroxylation sites is 1. The molecule has 2 aromatic carbocycles. The van der Waals surface area contributed by atoms with E-state index in [1.54, 1.807) is 0 Å². The zero-order valence-corrected chi connectivity index (χ0v) is 16.0. The first kappa shape index (κ1) is 18.0. The SMILES string of the molecule is Cc1cc(NCCN(Cc2ccccc2)c2ccccn2)c2ccccc2n1. The molecule has 0 aliphatic heterocycles. The van der Waals surface area contributed by atoms with E-state index in [1.165, 1.54) is 5.56 Å². The van der Waals surface area contributed by atoms with Crippen LogP contribution in [-0.4, -0.2) is 23.1 Å². The average molecular weight is 368 g/mol. The molecule has 0 amide bonds. The highest BCUT2D eigenvalue weighted by Crippen LogP contribution is 2.23. The molecule has 0 aliphatic rings. The monoisotopic (exact) mass is 368 g/mol. The molecule has 0 aliphatic carbocycles. The molecule has 4 nitrogen and oxygen atoms in total. The number of rotatable bonds is 7. The number of pyridine rings is 2. The zero-order valence-electron chi connectivity index (χ0n) is 16.0. The molecule has 2 heterocycles. The number of anilines is 2. The summed E-state index contributed by atoms with van der Waals surface area (Å²) in [6.45, 7) is 4.53. The standard InChI is InChI=1S/C24H24N4/c1-19-17-23(21-11-5-6-12-22(21)27-19)25-15-16-28(24-13-7-8-14-26-24)18-20-9-3-2-4-10-20/h2-14,17H,15-16,18H2,1H3,(H,25,27). The van der Waals surface area contributed by atoms with Crippen LogP contribution in [0.15, 0.2) is 85.1 Å². The predicted molar refractivity (Wildman–Crippen MR) is 117 cm³/mol. The molecule has 4 heteroatoms. The second-order valence-electron chi connectivity index (χ2n) is 6.85. The minimum atomic E-state index is 0.816. The normalized spacial score (nSPS) is 10.8. The van der Waals surface area contributed by atoms with Crippen LogP contribution in [0.3, 0.4) is 0 Å². The fourth-order valence-corrected chi connectivity index (χ4v) is 3.40. The molecule has 0 bridgehead atoms. The molecule has 28 heavy (non-hydrogen) atoms. The Bertz CT molecular complexity index is 1030. The van der Waals surface area contributed by atoms with E-state index in [9.17, 15) is 0 Å². The lowest BCUT2D eigenvalue weighted by atomic mass is 10.1. The molecule has 0 saturated heterocycles. The van der Waals surface area contributed by atoms with Crippen LogP contribution < -0.4 is 10.2 Å². The van der Waals surface area contributed by atoms with Gasteiger partial charge in [-0.3, -0.25) is 4.98 Å². The molecule has 4 aromatic rings. The lowest BCUT2D eigenvalue weighted by Crippen LogP contribution is -2.29. The third-order valence-electron chi connectivity index (χ3n) is 4.73. The zero-order chi connectivity index (χ0) is 19.2. The molecule has 0 radical (unpaired) electrons. The first-order valence-corrected chi connectivity index (χ1v) is 9.60. The Morgan fingerprint density at radius 2 is 1.68 bits per heavy atom. The van der Waals surface area contributed by atoms with Gasteiger partial charge in [0.2, 0.25) is 0 Å². The van der Waals surface area contributed by atoms with E-state index in [2.05, 4.69) is 74.8 Å². The highest BCUT2D eigenvalue weighted by molar-refractivity contribution is 5.91. The van der Waals surface area contributed by atoms with Gasteiger partial charge in [0.15, 0.2) is 0 Å². The number of hydrogen-bond donors (Lipinski definition) is 1. The Hall–Kier alpha value is -3.40. The van der Waals surface area contributed by atoms with Crippen molar-refractivity contribution in [3.8, 4) is 0 Å². The number of benzene rings is 2. The van der Waals surface area contributed by atoms with E-state index in [-0.39, 0.29) is 0 Å². The Balaban J connectivity index is 1.51. The molecular formula is C24H24N4. The Kier molecular flexibility index (Phi) is 5.48. The fourth-order valence-electron chi connectivity index (χ4n) is 3.40. The maximum Gasteiger partial charge on any atom is 0.128 e. The number of aromatic nitrogens is 2. The van der Waals surface area contributed by atoms with Crippen molar-refractivity contribution in [2.45, 2.75) is 13.5 Å². The van der Waals surface area contributed by atoms with Crippen LogP contribution in [0.1, 0.15) is 11.3 Å². The van der Waals surface area contributed by atoms with Crippen molar-refractivity contribution in [1.29, 1.82) is 0 Å². The van der Waals surface area contributed by atoms with Gasteiger partial charge in [0.1, 0.15) is 5.82 Å². The Morgan fingerprint density at radius 1 is 0.893 bits per heavy atom. The summed E-state index contributed by atoms with van der Waals surface area (Å²) in [6, 6.07) is 26.9. The van der Waals surface area contributed by atoms with Crippen LogP contribution in [0, 0.1) is 6.92 Å². The highest BCUT2D eigenvalue weighted by atomic mass is 15.2.